The lowest BCUT2D eigenvalue weighted by Crippen LogP contribution is -2.40. The van der Waals surface area contributed by atoms with Crippen LogP contribution in [0.15, 0.2) is 0 Å². The zero-order valence-corrected chi connectivity index (χ0v) is 12.7. The highest BCUT2D eigenvalue weighted by atomic mass is 16.5. The van der Waals surface area contributed by atoms with Gasteiger partial charge in [0, 0.05) is 13.1 Å². The second-order valence-corrected chi connectivity index (χ2v) is 7.58. The van der Waals surface area contributed by atoms with Crippen molar-refractivity contribution in [3.63, 3.8) is 0 Å². The van der Waals surface area contributed by atoms with Gasteiger partial charge in [0.05, 0.1) is 11.7 Å². The van der Waals surface area contributed by atoms with E-state index in [0.29, 0.717) is 11.5 Å². The topological polar surface area (TPSA) is 12.5 Å². The zero-order chi connectivity index (χ0) is 13.1. The Bertz CT molecular complexity index is 216. The minimum Gasteiger partial charge on any atom is -0.373 e. The van der Waals surface area contributed by atoms with Crippen LogP contribution in [0.4, 0.5) is 0 Å². The van der Waals surface area contributed by atoms with Gasteiger partial charge in [-0.05, 0) is 52.0 Å². The van der Waals surface area contributed by atoms with Crippen molar-refractivity contribution in [3.05, 3.63) is 0 Å². The van der Waals surface area contributed by atoms with Crippen molar-refractivity contribution < 1.29 is 4.74 Å². The van der Waals surface area contributed by atoms with Crippen molar-refractivity contribution in [1.82, 2.24) is 4.90 Å². The Balaban J connectivity index is 2.22. The number of likely N-dealkylation sites (tertiary alicyclic amines) is 1. The summed E-state index contributed by atoms with van der Waals surface area (Å²) in [6, 6.07) is 0. The summed E-state index contributed by atoms with van der Waals surface area (Å²) < 4.78 is 6.05. The van der Waals surface area contributed by atoms with Gasteiger partial charge in [-0.2, -0.15) is 0 Å². The van der Waals surface area contributed by atoms with Gasteiger partial charge in [0.25, 0.3) is 0 Å². The third-order valence-electron chi connectivity index (χ3n) is 3.23. The van der Waals surface area contributed by atoms with E-state index in [1.807, 2.05) is 0 Å². The molecule has 0 aromatic heterocycles. The Morgan fingerprint density at radius 1 is 1.00 bits per heavy atom. The molecule has 17 heavy (non-hydrogen) atoms. The molecule has 1 saturated heterocycles. The lowest BCUT2D eigenvalue weighted by molar-refractivity contribution is -0.0824. The van der Waals surface area contributed by atoms with E-state index in [-0.39, 0.29) is 5.60 Å². The van der Waals surface area contributed by atoms with Gasteiger partial charge in [-0.25, -0.2) is 0 Å². The molecule has 2 heteroatoms. The van der Waals surface area contributed by atoms with Crippen molar-refractivity contribution in [2.45, 2.75) is 72.5 Å². The van der Waals surface area contributed by atoms with E-state index in [0.717, 1.165) is 0 Å². The van der Waals surface area contributed by atoms with Crippen molar-refractivity contribution in [2.24, 2.45) is 5.41 Å². The molecule has 1 heterocycles. The summed E-state index contributed by atoms with van der Waals surface area (Å²) in [5.41, 5.74) is 0.469. The van der Waals surface area contributed by atoms with Crippen LogP contribution in [0.5, 0.6) is 0 Å². The molecule has 1 aliphatic rings. The first-order valence-electron chi connectivity index (χ1n) is 7.06. The van der Waals surface area contributed by atoms with Crippen LogP contribution in [0, 0.1) is 5.41 Å². The maximum atomic E-state index is 6.05. The van der Waals surface area contributed by atoms with E-state index < -0.39 is 0 Å². The van der Waals surface area contributed by atoms with Crippen molar-refractivity contribution in [2.75, 3.05) is 19.6 Å². The minimum atomic E-state index is 0.0121. The van der Waals surface area contributed by atoms with Gasteiger partial charge in [0.2, 0.25) is 0 Å². The molecule has 2 nitrogen and oxygen atoms in total. The molecule has 1 aliphatic heterocycles. The SMILES string of the molecule is CC(C)(C)CCN1CCC(OC(C)(C)C)CC1. The molecule has 0 unspecified atom stereocenters. The highest BCUT2D eigenvalue weighted by Gasteiger charge is 2.24. The normalized spacial score (nSPS) is 20.8. The van der Waals surface area contributed by atoms with Gasteiger partial charge in [0.15, 0.2) is 0 Å². The number of rotatable bonds is 3. The van der Waals surface area contributed by atoms with E-state index in [2.05, 4.69) is 46.4 Å². The van der Waals surface area contributed by atoms with E-state index in [9.17, 15) is 0 Å². The van der Waals surface area contributed by atoms with Crippen LogP contribution in [-0.2, 0) is 4.74 Å². The number of nitrogens with zero attached hydrogens (tertiary/aromatic N) is 1. The lowest BCUT2D eigenvalue weighted by atomic mass is 9.91. The molecule has 0 amide bonds. The molecule has 0 saturated carbocycles. The van der Waals surface area contributed by atoms with Gasteiger partial charge >= 0.3 is 0 Å². The predicted molar refractivity (Wildman–Crippen MR) is 74.4 cm³/mol. The number of hydrogen-bond donors (Lipinski definition) is 0. The maximum Gasteiger partial charge on any atom is 0.0606 e. The van der Waals surface area contributed by atoms with Crippen LogP contribution < -0.4 is 0 Å². The summed E-state index contributed by atoms with van der Waals surface area (Å²) in [7, 11) is 0. The molecule has 0 bridgehead atoms. The average molecular weight is 241 g/mol. The second kappa shape index (κ2) is 5.71. The zero-order valence-electron chi connectivity index (χ0n) is 12.7. The van der Waals surface area contributed by atoms with Gasteiger partial charge < -0.3 is 9.64 Å². The van der Waals surface area contributed by atoms with Gasteiger partial charge in [-0.1, -0.05) is 20.8 Å². The summed E-state index contributed by atoms with van der Waals surface area (Å²) in [4.78, 5) is 2.59. The lowest BCUT2D eigenvalue weighted by Gasteiger charge is -2.36. The molecule has 0 aromatic carbocycles. The Morgan fingerprint density at radius 2 is 1.53 bits per heavy atom. The molecule has 0 radical (unpaired) electrons. The molecule has 0 atom stereocenters. The average Bonchev–Trinajstić information content (AvgIpc) is 2.13. The Morgan fingerprint density at radius 3 is 1.94 bits per heavy atom. The standard InChI is InChI=1S/C15H31NO/c1-14(2,3)9-12-16-10-7-13(8-11-16)17-15(4,5)6/h13H,7-12H2,1-6H3. The predicted octanol–water partition coefficient (Wildman–Crippen LogP) is 3.70. The van der Waals surface area contributed by atoms with E-state index in [4.69, 9.17) is 4.74 Å². The highest BCUT2D eigenvalue weighted by molar-refractivity contribution is 4.76. The summed E-state index contributed by atoms with van der Waals surface area (Å²) in [6.07, 6.45) is 4.15. The molecule has 102 valence electrons. The first-order chi connectivity index (χ1) is 7.66. The van der Waals surface area contributed by atoms with Crippen LogP contribution in [0.2, 0.25) is 0 Å². The molecule has 1 rings (SSSR count). The highest BCUT2D eigenvalue weighted by Crippen LogP contribution is 2.23. The number of hydrogen-bond acceptors (Lipinski definition) is 2. The van der Waals surface area contributed by atoms with Gasteiger partial charge in [-0.15, -0.1) is 0 Å². The summed E-state index contributed by atoms with van der Waals surface area (Å²) in [5, 5.41) is 0. The first-order valence-corrected chi connectivity index (χ1v) is 7.06. The molecule has 0 aliphatic carbocycles. The van der Waals surface area contributed by atoms with Crippen LogP contribution in [0.25, 0.3) is 0 Å². The van der Waals surface area contributed by atoms with Crippen molar-refractivity contribution >= 4 is 0 Å². The maximum absolute atomic E-state index is 6.05. The minimum absolute atomic E-state index is 0.0121. The van der Waals surface area contributed by atoms with Crippen LogP contribution >= 0.6 is 0 Å². The van der Waals surface area contributed by atoms with Crippen LogP contribution in [0.3, 0.4) is 0 Å². The summed E-state index contributed by atoms with van der Waals surface area (Å²) in [5.74, 6) is 0. The largest absolute Gasteiger partial charge is 0.373 e. The number of ether oxygens (including phenoxy) is 1. The van der Waals surface area contributed by atoms with Gasteiger partial charge in [-0.3, -0.25) is 0 Å². The van der Waals surface area contributed by atoms with Crippen LogP contribution in [-0.4, -0.2) is 36.2 Å². The van der Waals surface area contributed by atoms with E-state index >= 15 is 0 Å². The number of piperidine rings is 1. The third-order valence-corrected chi connectivity index (χ3v) is 3.23. The quantitative estimate of drug-likeness (QED) is 0.747. The fraction of sp³-hybridized carbons (Fsp3) is 1.00. The molecule has 1 fully saturated rings. The molecular formula is C15H31NO. The monoisotopic (exact) mass is 241 g/mol. The molecular weight excluding hydrogens is 210 g/mol. The van der Waals surface area contributed by atoms with E-state index in [1.165, 1.54) is 38.9 Å². The van der Waals surface area contributed by atoms with E-state index in [1.54, 1.807) is 0 Å². The first kappa shape index (κ1) is 15.0. The smallest absolute Gasteiger partial charge is 0.0606 e. The third kappa shape index (κ3) is 7.05. The van der Waals surface area contributed by atoms with Crippen LogP contribution in [0.1, 0.15) is 60.8 Å². The molecule has 0 spiro atoms. The fourth-order valence-electron chi connectivity index (χ4n) is 2.24. The van der Waals surface area contributed by atoms with Crippen molar-refractivity contribution in [1.29, 1.82) is 0 Å². The second-order valence-electron chi connectivity index (χ2n) is 7.58. The Kier molecular flexibility index (Phi) is 5.03. The van der Waals surface area contributed by atoms with Gasteiger partial charge in [0.1, 0.15) is 0 Å². The molecule has 0 aromatic rings. The fourth-order valence-corrected chi connectivity index (χ4v) is 2.24. The summed E-state index contributed by atoms with van der Waals surface area (Å²) >= 11 is 0. The van der Waals surface area contributed by atoms with Crippen molar-refractivity contribution in [3.8, 4) is 0 Å². The molecule has 0 N–H and O–H groups in total. The Labute approximate surface area is 108 Å². The Hall–Kier alpha value is -0.0800. The summed E-state index contributed by atoms with van der Waals surface area (Å²) in [6.45, 7) is 17.1.